The van der Waals surface area contributed by atoms with Crippen molar-refractivity contribution < 1.29 is 4.79 Å². The molecule has 7 heteroatoms. The highest BCUT2D eigenvalue weighted by Crippen LogP contribution is 2.22. The number of carbonyl (C=O) groups excluding carboxylic acids is 1. The summed E-state index contributed by atoms with van der Waals surface area (Å²) in [6.07, 6.45) is 2.41. The summed E-state index contributed by atoms with van der Waals surface area (Å²) >= 11 is 6.01. The summed E-state index contributed by atoms with van der Waals surface area (Å²) in [6.45, 7) is 5.13. The molecule has 124 valence electrons. The van der Waals surface area contributed by atoms with Crippen molar-refractivity contribution in [3.05, 3.63) is 28.8 Å². The van der Waals surface area contributed by atoms with Crippen molar-refractivity contribution in [1.29, 1.82) is 0 Å². The van der Waals surface area contributed by atoms with E-state index in [9.17, 15) is 4.79 Å². The molecule has 1 aromatic rings. The van der Waals surface area contributed by atoms with Gasteiger partial charge in [0.15, 0.2) is 5.96 Å². The average molecular weight is 439 g/mol. The van der Waals surface area contributed by atoms with Gasteiger partial charge in [0.25, 0.3) is 0 Å². The van der Waals surface area contributed by atoms with E-state index >= 15 is 0 Å². The highest BCUT2D eigenvalue weighted by atomic mass is 127. The van der Waals surface area contributed by atoms with Gasteiger partial charge < -0.3 is 16.4 Å². The maximum atomic E-state index is 11.8. The van der Waals surface area contributed by atoms with E-state index in [4.69, 9.17) is 17.3 Å². The minimum atomic E-state index is -0.0887. The molecule has 1 aromatic carbocycles. The number of guanidine groups is 1. The number of carbonyl (C=O) groups is 1. The SMILES string of the molecule is CCCCN=C(N)NCCC(=O)Nc1cccc(Cl)c1C.I. The Hall–Kier alpha value is -1.02. The summed E-state index contributed by atoms with van der Waals surface area (Å²) in [5, 5.41) is 6.40. The molecule has 1 amide bonds. The number of nitrogens with zero attached hydrogens (tertiary/aromatic N) is 1. The standard InChI is InChI=1S/C15H23ClN4O.HI/c1-3-4-9-18-15(17)19-10-8-14(21)20-13-7-5-6-12(16)11(13)2;/h5-7H,3-4,8-10H2,1-2H3,(H,20,21)(H3,17,18,19);1H. The van der Waals surface area contributed by atoms with E-state index in [0.717, 1.165) is 24.1 Å². The molecule has 0 saturated carbocycles. The summed E-state index contributed by atoms with van der Waals surface area (Å²) in [6, 6.07) is 5.43. The number of rotatable bonds is 7. The number of halogens is 2. The van der Waals surface area contributed by atoms with Crippen molar-refractivity contribution in [2.75, 3.05) is 18.4 Å². The molecular formula is C15H24ClIN4O. The van der Waals surface area contributed by atoms with Crippen LogP contribution in [0.3, 0.4) is 0 Å². The van der Waals surface area contributed by atoms with Crippen LogP contribution in [0, 0.1) is 6.92 Å². The topological polar surface area (TPSA) is 79.5 Å². The lowest BCUT2D eigenvalue weighted by Crippen LogP contribution is -2.34. The van der Waals surface area contributed by atoms with Crippen molar-refractivity contribution in [3.63, 3.8) is 0 Å². The van der Waals surface area contributed by atoms with Crippen molar-refractivity contribution in [2.24, 2.45) is 10.7 Å². The number of hydrogen-bond donors (Lipinski definition) is 3. The molecule has 0 atom stereocenters. The van der Waals surface area contributed by atoms with Crippen LogP contribution in [0.15, 0.2) is 23.2 Å². The number of nitrogens with two attached hydrogens (primary N) is 1. The molecule has 0 unspecified atom stereocenters. The Labute approximate surface area is 154 Å². The predicted octanol–water partition coefficient (Wildman–Crippen LogP) is 3.30. The largest absolute Gasteiger partial charge is 0.370 e. The lowest BCUT2D eigenvalue weighted by molar-refractivity contribution is -0.116. The van der Waals surface area contributed by atoms with Gasteiger partial charge in [0.2, 0.25) is 5.91 Å². The quantitative estimate of drug-likeness (QED) is 0.264. The van der Waals surface area contributed by atoms with Crippen molar-refractivity contribution >= 4 is 53.1 Å². The fourth-order valence-corrected chi connectivity index (χ4v) is 1.85. The lowest BCUT2D eigenvalue weighted by atomic mass is 10.2. The van der Waals surface area contributed by atoms with Crippen LogP contribution in [0.25, 0.3) is 0 Å². The van der Waals surface area contributed by atoms with E-state index in [2.05, 4.69) is 22.5 Å². The van der Waals surface area contributed by atoms with Gasteiger partial charge in [-0.25, -0.2) is 0 Å². The van der Waals surface area contributed by atoms with E-state index < -0.39 is 0 Å². The van der Waals surface area contributed by atoms with Gasteiger partial charge in [-0.05, 0) is 31.0 Å². The Morgan fingerprint density at radius 3 is 2.82 bits per heavy atom. The summed E-state index contributed by atoms with van der Waals surface area (Å²) in [4.78, 5) is 16.0. The van der Waals surface area contributed by atoms with E-state index in [1.807, 2.05) is 19.1 Å². The van der Waals surface area contributed by atoms with Crippen LogP contribution < -0.4 is 16.4 Å². The number of unbranched alkanes of at least 4 members (excludes halogenated alkanes) is 1. The number of hydrogen-bond acceptors (Lipinski definition) is 2. The van der Waals surface area contributed by atoms with Crippen LogP contribution in [-0.4, -0.2) is 25.0 Å². The molecule has 22 heavy (non-hydrogen) atoms. The van der Waals surface area contributed by atoms with Crippen LogP contribution in [0.4, 0.5) is 5.69 Å². The molecule has 0 bridgehead atoms. The summed E-state index contributed by atoms with van der Waals surface area (Å²) in [7, 11) is 0. The number of nitrogens with one attached hydrogen (secondary N) is 2. The smallest absolute Gasteiger partial charge is 0.226 e. The van der Waals surface area contributed by atoms with Gasteiger partial charge in [-0.1, -0.05) is 31.0 Å². The molecule has 0 radical (unpaired) electrons. The van der Waals surface area contributed by atoms with E-state index in [1.165, 1.54) is 0 Å². The Bertz CT molecular complexity index is 508. The first-order valence-electron chi connectivity index (χ1n) is 7.13. The summed E-state index contributed by atoms with van der Waals surface area (Å²) in [5.74, 6) is 0.296. The molecule has 0 aromatic heterocycles. The minimum absolute atomic E-state index is 0. The molecule has 0 aliphatic carbocycles. The fourth-order valence-electron chi connectivity index (χ4n) is 1.67. The number of benzene rings is 1. The summed E-state index contributed by atoms with van der Waals surface area (Å²) in [5.41, 5.74) is 7.28. The second kappa shape index (κ2) is 11.5. The Kier molecular flexibility index (Phi) is 11.0. The van der Waals surface area contributed by atoms with Crippen LogP contribution in [0.2, 0.25) is 5.02 Å². The number of anilines is 1. The van der Waals surface area contributed by atoms with Gasteiger partial charge in [-0.3, -0.25) is 9.79 Å². The zero-order valence-electron chi connectivity index (χ0n) is 13.0. The van der Waals surface area contributed by atoms with Crippen molar-refractivity contribution in [2.45, 2.75) is 33.1 Å². The second-order valence-corrected chi connectivity index (χ2v) is 5.17. The van der Waals surface area contributed by atoms with E-state index in [0.29, 0.717) is 30.5 Å². The molecule has 4 N–H and O–H groups in total. The first-order chi connectivity index (χ1) is 10.0. The molecule has 0 heterocycles. The fraction of sp³-hybridized carbons (Fsp3) is 0.467. The molecule has 5 nitrogen and oxygen atoms in total. The molecule has 0 spiro atoms. The van der Waals surface area contributed by atoms with Gasteiger partial charge in [0, 0.05) is 30.2 Å². The van der Waals surface area contributed by atoms with Crippen LogP contribution in [-0.2, 0) is 4.79 Å². The third kappa shape index (κ3) is 7.84. The maximum absolute atomic E-state index is 11.8. The highest BCUT2D eigenvalue weighted by Gasteiger charge is 2.06. The molecule has 0 aliphatic rings. The van der Waals surface area contributed by atoms with Crippen LogP contribution in [0.1, 0.15) is 31.7 Å². The average Bonchev–Trinajstić information content (AvgIpc) is 2.44. The Morgan fingerprint density at radius 1 is 1.41 bits per heavy atom. The van der Waals surface area contributed by atoms with Gasteiger partial charge in [-0.15, -0.1) is 24.0 Å². The van der Waals surface area contributed by atoms with Crippen LogP contribution in [0.5, 0.6) is 0 Å². The lowest BCUT2D eigenvalue weighted by Gasteiger charge is -2.10. The molecule has 0 saturated heterocycles. The van der Waals surface area contributed by atoms with Gasteiger partial charge in [-0.2, -0.15) is 0 Å². The zero-order chi connectivity index (χ0) is 15.7. The molecule has 0 fully saturated rings. The zero-order valence-corrected chi connectivity index (χ0v) is 16.1. The first kappa shape index (κ1) is 21.0. The monoisotopic (exact) mass is 438 g/mol. The van der Waals surface area contributed by atoms with Gasteiger partial charge >= 0.3 is 0 Å². The van der Waals surface area contributed by atoms with E-state index in [-0.39, 0.29) is 29.9 Å². The minimum Gasteiger partial charge on any atom is -0.370 e. The Balaban J connectivity index is 0.00000441. The highest BCUT2D eigenvalue weighted by molar-refractivity contribution is 14.0. The first-order valence-corrected chi connectivity index (χ1v) is 7.51. The molecule has 1 rings (SSSR count). The van der Waals surface area contributed by atoms with E-state index in [1.54, 1.807) is 6.07 Å². The Morgan fingerprint density at radius 2 is 2.14 bits per heavy atom. The summed E-state index contributed by atoms with van der Waals surface area (Å²) < 4.78 is 0. The third-order valence-electron chi connectivity index (χ3n) is 2.99. The van der Waals surface area contributed by atoms with Crippen LogP contribution >= 0.6 is 35.6 Å². The third-order valence-corrected chi connectivity index (χ3v) is 3.40. The maximum Gasteiger partial charge on any atom is 0.226 e. The van der Waals surface area contributed by atoms with Gasteiger partial charge in [0.05, 0.1) is 0 Å². The predicted molar refractivity (Wildman–Crippen MR) is 104 cm³/mol. The normalized spacial score (nSPS) is 10.8. The molecule has 0 aliphatic heterocycles. The van der Waals surface area contributed by atoms with Crippen molar-refractivity contribution in [3.8, 4) is 0 Å². The van der Waals surface area contributed by atoms with Gasteiger partial charge in [0.1, 0.15) is 0 Å². The molecular weight excluding hydrogens is 415 g/mol. The second-order valence-electron chi connectivity index (χ2n) is 4.76. The number of aliphatic imine (C=N–C) groups is 1. The van der Waals surface area contributed by atoms with Crippen molar-refractivity contribution in [1.82, 2.24) is 5.32 Å². The number of amides is 1.